The van der Waals surface area contributed by atoms with E-state index in [1.807, 2.05) is 13.0 Å². The van der Waals surface area contributed by atoms with Crippen LogP contribution >= 0.6 is 0 Å². The molecule has 0 atom stereocenters. The van der Waals surface area contributed by atoms with E-state index in [2.05, 4.69) is 10.5 Å². The Morgan fingerprint density at radius 1 is 0.935 bits per heavy atom. The molecule has 1 N–H and O–H groups in total. The molecular formula is C24H22N2O5. The van der Waals surface area contributed by atoms with Gasteiger partial charge in [0.1, 0.15) is 5.75 Å². The summed E-state index contributed by atoms with van der Waals surface area (Å²) < 4.78 is 16.3. The van der Waals surface area contributed by atoms with Crippen molar-refractivity contribution in [3.63, 3.8) is 0 Å². The second kappa shape index (κ2) is 10.6. The minimum absolute atomic E-state index is 0.297. The van der Waals surface area contributed by atoms with Gasteiger partial charge >= 0.3 is 5.97 Å². The van der Waals surface area contributed by atoms with E-state index in [9.17, 15) is 9.59 Å². The normalized spacial score (nSPS) is 10.5. The molecule has 3 aromatic carbocycles. The molecule has 0 aromatic heterocycles. The Hall–Kier alpha value is -4.13. The predicted octanol–water partition coefficient (Wildman–Crippen LogP) is 4.08. The molecule has 7 heteroatoms. The van der Waals surface area contributed by atoms with Crippen LogP contribution in [0, 0.1) is 0 Å². The SMILES string of the molecule is CCOc1cc(C=NNC(=O)c2ccccc2OC)ccc1OC(=O)c1ccccc1. The van der Waals surface area contributed by atoms with Gasteiger partial charge in [0.05, 0.1) is 31.1 Å². The van der Waals surface area contributed by atoms with Gasteiger partial charge in [-0.25, -0.2) is 10.2 Å². The van der Waals surface area contributed by atoms with E-state index in [1.165, 1.54) is 13.3 Å². The smallest absolute Gasteiger partial charge is 0.343 e. The van der Waals surface area contributed by atoms with Gasteiger partial charge in [-0.05, 0) is 55.0 Å². The van der Waals surface area contributed by atoms with Crippen LogP contribution in [0.2, 0.25) is 0 Å². The van der Waals surface area contributed by atoms with E-state index in [0.29, 0.717) is 40.5 Å². The van der Waals surface area contributed by atoms with Crippen molar-refractivity contribution < 1.29 is 23.8 Å². The minimum Gasteiger partial charge on any atom is -0.496 e. The lowest BCUT2D eigenvalue weighted by Gasteiger charge is -2.11. The van der Waals surface area contributed by atoms with E-state index in [4.69, 9.17) is 14.2 Å². The van der Waals surface area contributed by atoms with Gasteiger partial charge < -0.3 is 14.2 Å². The largest absolute Gasteiger partial charge is 0.496 e. The van der Waals surface area contributed by atoms with Crippen LogP contribution in [-0.4, -0.2) is 31.8 Å². The van der Waals surface area contributed by atoms with E-state index in [0.717, 1.165) is 0 Å². The zero-order valence-electron chi connectivity index (χ0n) is 17.2. The number of carbonyl (C=O) groups excluding carboxylic acids is 2. The Labute approximate surface area is 180 Å². The molecule has 0 bridgehead atoms. The van der Waals surface area contributed by atoms with Gasteiger partial charge in [0.2, 0.25) is 0 Å². The fourth-order valence-electron chi connectivity index (χ4n) is 2.75. The number of hydrogen-bond donors (Lipinski definition) is 1. The predicted molar refractivity (Wildman–Crippen MR) is 117 cm³/mol. The molecule has 0 aliphatic carbocycles. The number of hydrogen-bond acceptors (Lipinski definition) is 6. The molecule has 7 nitrogen and oxygen atoms in total. The molecule has 0 saturated carbocycles. The number of esters is 1. The Morgan fingerprint density at radius 2 is 1.68 bits per heavy atom. The maximum Gasteiger partial charge on any atom is 0.343 e. The number of nitrogens with one attached hydrogen (secondary N) is 1. The van der Waals surface area contributed by atoms with Crippen LogP contribution in [0.5, 0.6) is 17.2 Å². The van der Waals surface area contributed by atoms with Gasteiger partial charge in [0, 0.05) is 0 Å². The van der Waals surface area contributed by atoms with Crippen molar-refractivity contribution in [2.24, 2.45) is 5.10 Å². The highest BCUT2D eigenvalue weighted by atomic mass is 16.6. The molecule has 3 aromatic rings. The molecule has 0 radical (unpaired) electrons. The lowest BCUT2D eigenvalue weighted by atomic mass is 10.2. The number of benzene rings is 3. The van der Waals surface area contributed by atoms with Crippen LogP contribution in [-0.2, 0) is 0 Å². The maximum absolute atomic E-state index is 12.3. The third kappa shape index (κ3) is 5.70. The lowest BCUT2D eigenvalue weighted by molar-refractivity contribution is 0.0728. The minimum atomic E-state index is -0.480. The highest BCUT2D eigenvalue weighted by Gasteiger charge is 2.13. The summed E-state index contributed by atoms with van der Waals surface area (Å²) in [4.78, 5) is 24.6. The molecule has 0 aliphatic rings. The van der Waals surface area contributed by atoms with Crippen molar-refractivity contribution in [3.05, 3.63) is 89.5 Å². The molecule has 1 amide bonds. The Kier molecular flexibility index (Phi) is 7.37. The van der Waals surface area contributed by atoms with Gasteiger partial charge in [0.25, 0.3) is 5.91 Å². The van der Waals surface area contributed by atoms with Crippen molar-refractivity contribution in [2.75, 3.05) is 13.7 Å². The fraction of sp³-hybridized carbons (Fsp3) is 0.125. The highest BCUT2D eigenvalue weighted by Crippen LogP contribution is 2.29. The van der Waals surface area contributed by atoms with Crippen molar-refractivity contribution in [3.8, 4) is 17.2 Å². The molecule has 0 saturated heterocycles. The summed E-state index contributed by atoms with van der Waals surface area (Å²) in [5.41, 5.74) is 3.94. The van der Waals surface area contributed by atoms with Crippen molar-refractivity contribution in [1.29, 1.82) is 0 Å². The number of rotatable bonds is 8. The number of nitrogens with zero attached hydrogens (tertiary/aromatic N) is 1. The molecule has 0 aliphatic heterocycles. The summed E-state index contributed by atoms with van der Waals surface area (Å²) in [7, 11) is 1.50. The van der Waals surface area contributed by atoms with Gasteiger partial charge in [0.15, 0.2) is 11.5 Å². The quantitative estimate of drug-likeness (QED) is 0.258. The van der Waals surface area contributed by atoms with Crippen molar-refractivity contribution in [1.82, 2.24) is 5.43 Å². The molecule has 0 heterocycles. The van der Waals surface area contributed by atoms with E-state index in [1.54, 1.807) is 66.7 Å². The van der Waals surface area contributed by atoms with Crippen molar-refractivity contribution >= 4 is 18.1 Å². The number of ether oxygens (including phenoxy) is 3. The summed E-state index contributed by atoms with van der Waals surface area (Å²) in [6.07, 6.45) is 1.47. The molecule has 0 unspecified atom stereocenters. The number of methoxy groups -OCH3 is 1. The van der Waals surface area contributed by atoms with Crippen LogP contribution in [0.1, 0.15) is 33.2 Å². The van der Waals surface area contributed by atoms with E-state index < -0.39 is 11.9 Å². The molecule has 31 heavy (non-hydrogen) atoms. The molecule has 0 spiro atoms. The first-order valence-electron chi connectivity index (χ1n) is 9.63. The molecule has 3 rings (SSSR count). The standard InChI is InChI=1S/C24H22N2O5/c1-3-30-22-15-17(13-14-21(22)31-24(28)18-9-5-4-6-10-18)16-25-26-23(27)19-11-7-8-12-20(19)29-2/h4-16H,3H2,1-2H3,(H,26,27). The topological polar surface area (TPSA) is 86.2 Å². The molecule has 0 fully saturated rings. The summed E-state index contributed by atoms with van der Waals surface area (Å²) >= 11 is 0. The monoisotopic (exact) mass is 418 g/mol. The zero-order valence-corrected chi connectivity index (χ0v) is 17.2. The summed E-state index contributed by atoms with van der Waals surface area (Å²) in [6.45, 7) is 2.22. The third-order valence-electron chi connectivity index (χ3n) is 4.21. The van der Waals surface area contributed by atoms with Crippen molar-refractivity contribution in [2.45, 2.75) is 6.92 Å². The third-order valence-corrected chi connectivity index (χ3v) is 4.21. The first kappa shape index (κ1) is 21.6. The first-order chi connectivity index (χ1) is 15.1. The Balaban J connectivity index is 1.71. The van der Waals surface area contributed by atoms with Crippen LogP contribution in [0.4, 0.5) is 0 Å². The van der Waals surface area contributed by atoms with E-state index in [-0.39, 0.29) is 0 Å². The average Bonchev–Trinajstić information content (AvgIpc) is 2.81. The maximum atomic E-state index is 12.3. The van der Waals surface area contributed by atoms with Gasteiger partial charge in [-0.3, -0.25) is 4.79 Å². The second-order valence-corrected chi connectivity index (χ2v) is 6.29. The Morgan fingerprint density at radius 3 is 2.42 bits per heavy atom. The summed E-state index contributed by atoms with van der Waals surface area (Å²) in [6, 6.07) is 20.6. The van der Waals surface area contributed by atoms with Gasteiger partial charge in [-0.1, -0.05) is 30.3 Å². The average molecular weight is 418 g/mol. The highest BCUT2D eigenvalue weighted by molar-refractivity contribution is 5.97. The molecular weight excluding hydrogens is 396 g/mol. The van der Waals surface area contributed by atoms with Crippen LogP contribution in [0.3, 0.4) is 0 Å². The fourth-order valence-corrected chi connectivity index (χ4v) is 2.75. The van der Waals surface area contributed by atoms with Crippen LogP contribution in [0.15, 0.2) is 77.9 Å². The van der Waals surface area contributed by atoms with Crippen LogP contribution < -0.4 is 19.6 Å². The molecule has 158 valence electrons. The number of para-hydroxylation sites is 1. The van der Waals surface area contributed by atoms with Gasteiger partial charge in [-0.15, -0.1) is 0 Å². The first-order valence-corrected chi connectivity index (χ1v) is 9.63. The number of hydrazone groups is 1. The van der Waals surface area contributed by atoms with Crippen LogP contribution in [0.25, 0.3) is 0 Å². The van der Waals surface area contributed by atoms with E-state index >= 15 is 0 Å². The summed E-state index contributed by atoms with van der Waals surface area (Å²) in [5.74, 6) is 0.273. The lowest BCUT2D eigenvalue weighted by Crippen LogP contribution is -2.18. The zero-order chi connectivity index (χ0) is 22.1. The number of carbonyl (C=O) groups is 2. The summed E-state index contributed by atoms with van der Waals surface area (Å²) in [5, 5.41) is 3.99. The number of amides is 1. The van der Waals surface area contributed by atoms with Gasteiger partial charge in [-0.2, -0.15) is 5.10 Å². The Bertz CT molecular complexity index is 1080. The second-order valence-electron chi connectivity index (χ2n) is 6.29.